The minimum atomic E-state index is -3.60. The molecule has 2 rings (SSSR count). The zero-order valence-electron chi connectivity index (χ0n) is 16.1. The maximum atomic E-state index is 12.5. The number of carbonyl (C=O) groups is 1. The van der Waals surface area contributed by atoms with Crippen LogP contribution < -0.4 is 14.4 Å². The van der Waals surface area contributed by atoms with Gasteiger partial charge in [0.25, 0.3) is 0 Å². The Hall–Kier alpha value is -2.54. The van der Waals surface area contributed by atoms with Crippen LogP contribution in [0.25, 0.3) is 0 Å². The summed E-state index contributed by atoms with van der Waals surface area (Å²) in [6, 6.07) is 14.2. The van der Waals surface area contributed by atoms with E-state index in [0.29, 0.717) is 11.4 Å². The van der Waals surface area contributed by atoms with Gasteiger partial charge in [-0.1, -0.05) is 37.3 Å². The average Bonchev–Trinajstić information content (AvgIpc) is 2.65. The van der Waals surface area contributed by atoms with Crippen LogP contribution in [0.1, 0.15) is 31.0 Å². The Morgan fingerprint density at radius 2 is 1.78 bits per heavy atom. The lowest BCUT2D eigenvalue weighted by Gasteiger charge is -2.24. The average molecular weight is 391 g/mol. The van der Waals surface area contributed by atoms with E-state index in [2.05, 4.69) is 5.32 Å². The molecule has 2 aromatic rings. The first kappa shape index (κ1) is 20.8. The van der Waals surface area contributed by atoms with Crippen molar-refractivity contribution in [3.63, 3.8) is 0 Å². The Bertz CT molecular complexity index is 879. The number of nitrogens with zero attached hydrogens (tertiary/aromatic N) is 1. The molecule has 7 heteroatoms. The summed E-state index contributed by atoms with van der Waals surface area (Å²) in [4.78, 5) is 12.5. The molecule has 0 spiro atoms. The molecule has 1 atom stereocenters. The molecule has 0 radical (unpaired) electrons. The van der Waals surface area contributed by atoms with Gasteiger partial charge >= 0.3 is 0 Å². The number of amides is 1. The lowest BCUT2D eigenvalue weighted by Crippen LogP contribution is -2.41. The SMILES string of the molecule is CCc1ccc(N(CC(=O)N[C@H](C)c2ccccc2OC)S(C)(=O)=O)cc1. The first-order valence-corrected chi connectivity index (χ1v) is 10.6. The fourth-order valence-electron chi connectivity index (χ4n) is 2.82. The molecule has 146 valence electrons. The number of hydrogen-bond donors (Lipinski definition) is 1. The van der Waals surface area contributed by atoms with Crippen LogP contribution in [0.3, 0.4) is 0 Å². The summed E-state index contributed by atoms with van der Waals surface area (Å²) in [5.74, 6) is 0.277. The molecule has 27 heavy (non-hydrogen) atoms. The van der Waals surface area contributed by atoms with Crippen molar-refractivity contribution in [2.24, 2.45) is 0 Å². The van der Waals surface area contributed by atoms with E-state index >= 15 is 0 Å². The van der Waals surface area contributed by atoms with Crippen LogP contribution in [-0.2, 0) is 21.2 Å². The van der Waals surface area contributed by atoms with Crippen LogP contribution in [0.2, 0.25) is 0 Å². The van der Waals surface area contributed by atoms with Gasteiger partial charge in [-0.15, -0.1) is 0 Å². The zero-order valence-corrected chi connectivity index (χ0v) is 16.9. The van der Waals surface area contributed by atoms with Crippen LogP contribution in [0.4, 0.5) is 5.69 Å². The molecule has 0 unspecified atom stereocenters. The highest BCUT2D eigenvalue weighted by Gasteiger charge is 2.22. The maximum Gasteiger partial charge on any atom is 0.241 e. The highest BCUT2D eigenvalue weighted by atomic mass is 32.2. The zero-order chi connectivity index (χ0) is 20.0. The summed E-state index contributed by atoms with van der Waals surface area (Å²) in [6.07, 6.45) is 1.95. The van der Waals surface area contributed by atoms with Crippen molar-refractivity contribution in [1.29, 1.82) is 0 Å². The van der Waals surface area contributed by atoms with Crippen molar-refractivity contribution in [3.8, 4) is 5.75 Å². The number of methoxy groups -OCH3 is 1. The summed E-state index contributed by atoms with van der Waals surface area (Å²) in [5.41, 5.74) is 2.39. The van der Waals surface area contributed by atoms with Gasteiger partial charge in [-0.3, -0.25) is 9.10 Å². The van der Waals surface area contributed by atoms with Crippen molar-refractivity contribution in [3.05, 3.63) is 59.7 Å². The molecule has 0 aliphatic rings. The van der Waals surface area contributed by atoms with Crippen molar-refractivity contribution in [1.82, 2.24) is 5.32 Å². The molecule has 0 aromatic heterocycles. The smallest absolute Gasteiger partial charge is 0.241 e. The second kappa shape index (κ2) is 8.90. The predicted octanol–water partition coefficient (Wildman–Crippen LogP) is 2.90. The first-order chi connectivity index (χ1) is 12.8. The first-order valence-electron chi connectivity index (χ1n) is 8.75. The fraction of sp³-hybridized carbons (Fsp3) is 0.350. The van der Waals surface area contributed by atoms with Gasteiger partial charge in [0, 0.05) is 5.56 Å². The van der Waals surface area contributed by atoms with Crippen LogP contribution in [0, 0.1) is 0 Å². The molecular formula is C20H26N2O4S. The molecule has 0 aliphatic heterocycles. The van der Waals surface area contributed by atoms with Crippen molar-refractivity contribution in [2.75, 3.05) is 24.2 Å². The van der Waals surface area contributed by atoms with E-state index < -0.39 is 15.9 Å². The maximum absolute atomic E-state index is 12.5. The van der Waals surface area contributed by atoms with E-state index in [1.54, 1.807) is 19.2 Å². The van der Waals surface area contributed by atoms with Gasteiger partial charge in [-0.2, -0.15) is 0 Å². The number of rotatable bonds is 8. The number of aryl methyl sites for hydroxylation is 1. The summed E-state index contributed by atoms with van der Waals surface area (Å²) in [6.45, 7) is 3.57. The Morgan fingerprint density at radius 1 is 1.15 bits per heavy atom. The Morgan fingerprint density at radius 3 is 2.33 bits per heavy atom. The van der Waals surface area contributed by atoms with Gasteiger partial charge < -0.3 is 10.1 Å². The molecule has 6 nitrogen and oxygen atoms in total. The second-order valence-corrected chi connectivity index (χ2v) is 8.23. The topological polar surface area (TPSA) is 75.7 Å². The Balaban J connectivity index is 2.16. The monoisotopic (exact) mass is 390 g/mol. The van der Waals surface area contributed by atoms with Crippen molar-refractivity contribution in [2.45, 2.75) is 26.3 Å². The minimum absolute atomic E-state index is 0.288. The number of ether oxygens (including phenoxy) is 1. The molecule has 0 aliphatic carbocycles. The van der Waals surface area contributed by atoms with Crippen LogP contribution in [0.5, 0.6) is 5.75 Å². The van der Waals surface area contributed by atoms with Gasteiger partial charge in [0.2, 0.25) is 15.9 Å². The summed E-state index contributed by atoms with van der Waals surface area (Å²) < 4.78 is 30.8. The number of sulfonamides is 1. The number of carbonyl (C=O) groups excluding carboxylic acids is 1. The molecular weight excluding hydrogens is 364 g/mol. The normalized spacial score (nSPS) is 12.3. The minimum Gasteiger partial charge on any atom is -0.496 e. The fourth-order valence-corrected chi connectivity index (χ4v) is 3.67. The van der Waals surface area contributed by atoms with Crippen LogP contribution >= 0.6 is 0 Å². The lowest BCUT2D eigenvalue weighted by atomic mass is 10.1. The Kier molecular flexibility index (Phi) is 6.85. The third-order valence-corrected chi connectivity index (χ3v) is 5.44. The molecule has 0 saturated carbocycles. The standard InChI is InChI=1S/C20H26N2O4S/c1-5-16-10-12-17(13-11-16)22(27(4,24)25)14-20(23)21-15(2)18-8-6-7-9-19(18)26-3/h6-13,15H,5,14H2,1-4H3,(H,21,23)/t15-/m1/s1. The van der Waals surface area contributed by atoms with E-state index in [0.717, 1.165) is 28.1 Å². The number of nitrogens with one attached hydrogen (secondary N) is 1. The summed E-state index contributed by atoms with van der Waals surface area (Å²) in [5, 5.41) is 2.84. The van der Waals surface area contributed by atoms with E-state index in [4.69, 9.17) is 4.74 Å². The van der Waals surface area contributed by atoms with Gasteiger partial charge in [0.1, 0.15) is 12.3 Å². The largest absolute Gasteiger partial charge is 0.496 e. The Labute approximate surface area is 161 Å². The third-order valence-electron chi connectivity index (χ3n) is 4.30. The highest BCUT2D eigenvalue weighted by molar-refractivity contribution is 7.92. The molecule has 0 saturated heterocycles. The van der Waals surface area contributed by atoms with Crippen molar-refractivity contribution >= 4 is 21.6 Å². The number of benzene rings is 2. The van der Waals surface area contributed by atoms with Crippen LogP contribution in [-0.4, -0.2) is 34.2 Å². The van der Waals surface area contributed by atoms with E-state index in [9.17, 15) is 13.2 Å². The second-order valence-electron chi connectivity index (χ2n) is 6.32. The van der Waals surface area contributed by atoms with Gasteiger partial charge in [-0.25, -0.2) is 8.42 Å². The molecule has 0 fully saturated rings. The van der Waals surface area contributed by atoms with Crippen LogP contribution in [0.15, 0.2) is 48.5 Å². The van der Waals surface area contributed by atoms with Gasteiger partial charge in [0.15, 0.2) is 0 Å². The molecule has 2 aromatic carbocycles. The van der Waals surface area contributed by atoms with E-state index in [1.807, 2.05) is 50.2 Å². The predicted molar refractivity (Wildman–Crippen MR) is 108 cm³/mol. The molecule has 1 N–H and O–H groups in total. The molecule has 0 bridgehead atoms. The number of para-hydroxylation sites is 1. The van der Waals surface area contributed by atoms with E-state index in [-0.39, 0.29) is 12.6 Å². The third kappa shape index (κ3) is 5.47. The summed E-state index contributed by atoms with van der Waals surface area (Å²) >= 11 is 0. The molecule has 0 heterocycles. The van der Waals surface area contributed by atoms with E-state index in [1.165, 1.54) is 0 Å². The molecule has 1 amide bonds. The lowest BCUT2D eigenvalue weighted by molar-refractivity contribution is -0.120. The highest BCUT2D eigenvalue weighted by Crippen LogP contribution is 2.24. The number of anilines is 1. The van der Waals surface area contributed by atoms with Crippen molar-refractivity contribution < 1.29 is 17.9 Å². The van der Waals surface area contributed by atoms with Gasteiger partial charge in [0.05, 0.1) is 25.1 Å². The quantitative estimate of drug-likeness (QED) is 0.752. The number of hydrogen-bond acceptors (Lipinski definition) is 4. The van der Waals surface area contributed by atoms with Gasteiger partial charge in [-0.05, 0) is 37.1 Å². The summed E-state index contributed by atoms with van der Waals surface area (Å²) in [7, 11) is -2.03.